The minimum atomic E-state index is 0.681. The smallest absolute Gasteiger partial charge is 0.151 e. The molecule has 0 bridgehead atoms. The van der Waals surface area contributed by atoms with Gasteiger partial charge in [0.2, 0.25) is 0 Å². The SMILES string of the molecule is CCCn1c2ccccc2c2c(CNC)c(C=O)c3c(c21)Cc1ccccc1-3. The summed E-state index contributed by atoms with van der Waals surface area (Å²) in [4.78, 5) is 12.3. The Morgan fingerprint density at radius 3 is 2.68 bits per heavy atom. The summed E-state index contributed by atoms with van der Waals surface area (Å²) in [6.45, 7) is 3.89. The van der Waals surface area contributed by atoms with Gasteiger partial charge in [-0.15, -0.1) is 0 Å². The van der Waals surface area contributed by atoms with Gasteiger partial charge in [0.15, 0.2) is 6.29 Å². The first-order valence-electron chi connectivity index (χ1n) is 10.1. The molecule has 0 amide bonds. The van der Waals surface area contributed by atoms with E-state index in [9.17, 15) is 4.79 Å². The Bertz CT molecular complexity index is 1230. The minimum absolute atomic E-state index is 0.681. The van der Waals surface area contributed by atoms with Crippen LogP contribution in [0, 0.1) is 0 Å². The maximum Gasteiger partial charge on any atom is 0.151 e. The molecule has 5 rings (SSSR count). The van der Waals surface area contributed by atoms with E-state index in [1.54, 1.807) is 0 Å². The number of carbonyl (C=O) groups excluding carboxylic acids is 1. The third kappa shape index (κ3) is 2.23. The predicted octanol–water partition coefficient (Wildman–Crippen LogP) is 5.31. The Morgan fingerprint density at radius 1 is 1.11 bits per heavy atom. The molecule has 3 nitrogen and oxygen atoms in total. The van der Waals surface area contributed by atoms with Crippen molar-refractivity contribution in [2.24, 2.45) is 0 Å². The molecular weight excluding hydrogens is 344 g/mol. The molecule has 0 spiro atoms. The van der Waals surface area contributed by atoms with Gasteiger partial charge in [-0.2, -0.15) is 0 Å². The van der Waals surface area contributed by atoms with Crippen LogP contribution in [0.1, 0.15) is 40.4 Å². The van der Waals surface area contributed by atoms with Gasteiger partial charge in [0, 0.05) is 41.4 Å². The normalized spacial score (nSPS) is 12.5. The maximum atomic E-state index is 12.3. The minimum Gasteiger partial charge on any atom is -0.340 e. The summed E-state index contributed by atoms with van der Waals surface area (Å²) in [6, 6.07) is 17.2. The molecule has 1 heterocycles. The van der Waals surface area contributed by atoms with Crippen LogP contribution < -0.4 is 5.32 Å². The maximum absolute atomic E-state index is 12.3. The summed E-state index contributed by atoms with van der Waals surface area (Å²) in [6.07, 6.45) is 3.04. The van der Waals surface area contributed by atoms with E-state index in [0.29, 0.717) is 6.54 Å². The van der Waals surface area contributed by atoms with Gasteiger partial charge in [0.1, 0.15) is 0 Å². The molecule has 0 atom stereocenters. The molecule has 3 aromatic carbocycles. The van der Waals surface area contributed by atoms with Gasteiger partial charge in [-0.05, 0) is 47.4 Å². The number of aryl methyl sites for hydroxylation is 1. The van der Waals surface area contributed by atoms with Crippen molar-refractivity contribution >= 4 is 28.1 Å². The standard InChI is InChI=1S/C25H24N2O/c1-3-12-27-22-11-7-6-10-18(22)24-20(14-26-2)21(15-28)23-17-9-5-4-8-16(17)13-19(23)25(24)27/h4-11,15,26H,3,12-14H2,1-2H3. The molecule has 0 fully saturated rings. The highest BCUT2D eigenvalue weighted by Crippen LogP contribution is 2.47. The van der Waals surface area contributed by atoms with Gasteiger partial charge in [-0.1, -0.05) is 49.4 Å². The number of aromatic nitrogens is 1. The number of fused-ring (bicyclic) bond motifs is 7. The molecule has 0 aliphatic heterocycles. The molecule has 28 heavy (non-hydrogen) atoms. The first-order valence-corrected chi connectivity index (χ1v) is 10.1. The van der Waals surface area contributed by atoms with E-state index in [1.165, 1.54) is 38.5 Å². The summed E-state index contributed by atoms with van der Waals surface area (Å²) in [5.41, 5.74) is 9.52. The zero-order valence-corrected chi connectivity index (χ0v) is 16.4. The molecular formula is C25H24N2O. The van der Waals surface area contributed by atoms with Gasteiger partial charge in [0.05, 0.1) is 5.52 Å². The van der Waals surface area contributed by atoms with Gasteiger partial charge in [-0.3, -0.25) is 4.79 Å². The van der Waals surface area contributed by atoms with E-state index in [0.717, 1.165) is 42.4 Å². The Balaban J connectivity index is 2.04. The van der Waals surface area contributed by atoms with Gasteiger partial charge >= 0.3 is 0 Å². The molecule has 0 saturated heterocycles. The van der Waals surface area contributed by atoms with Crippen LogP contribution in [-0.2, 0) is 19.5 Å². The third-order valence-electron chi connectivity index (χ3n) is 6.03. The number of nitrogens with one attached hydrogen (secondary N) is 1. The van der Waals surface area contributed by atoms with E-state index in [4.69, 9.17) is 0 Å². The Labute approximate surface area is 165 Å². The van der Waals surface area contributed by atoms with E-state index < -0.39 is 0 Å². The van der Waals surface area contributed by atoms with Gasteiger partial charge < -0.3 is 9.88 Å². The van der Waals surface area contributed by atoms with Crippen molar-refractivity contribution in [2.45, 2.75) is 32.9 Å². The van der Waals surface area contributed by atoms with E-state index in [1.807, 2.05) is 7.05 Å². The fraction of sp³-hybridized carbons (Fsp3) is 0.240. The lowest BCUT2D eigenvalue weighted by atomic mass is 9.91. The van der Waals surface area contributed by atoms with Crippen LogP contribution in [0.25, 0.3) is 32.9 Å². The molecule has 0 radical (unpaired) electrons. The second-order valence-corrected chi connectivity index (χ2v) is 7.62. The van der Waals surface area contributed by atoms with Crippen molar-refractivity contribution in [3.63, 3.8) is 0 Å². The number of aldehydes is 1. The first-order chi connectivity index (χ1) is 13.8. The van der Waals surface area contributed by atoms with Crippen molar-refractivity contribution in [1.82, 2.24) is 9.88 Å². The van der Waals surface area contributed by atoms with Crippen LogP contribution in [0.2, 0.25) is 0 Å². The highest BCUT2D eigenvalue weighted by Gasteiger charge is 2.29. The topological polar surface area (TPSA) is 34.0 Å². The monoisotopic (exact) mass is 368 g/mol. The van der Waals surface area contributed by atoms with Crippen molar-refractivity contribution in [2.75, 3.05) is 7.05 Å². The molecule has 1 N–H and O–H groups in total. The number of hydrogen-bond acceptors (Lipinski definition) is 2. The molecule has 1 aromatic heterocycles. The van der Waals surface area contributed by atoms with Crippen molar-refractivity contribution in [1.29, 1.82) is 0 Å². The predicted molar refractivity (Wildman–Crippen MR) is 116 cm³/mol. The zero-order valence-electron chi connectivity index (χ0n) is 16.4. The molecule has 3 heteroatoms. The van der Waals surface area contributed by atoms with Crippen LogP contribution >= 0.6 is 0 Å². The zero-order chi connectivity index (χ0) is 19.3. The number of carbonyl (C=O) groups is 1. The summed E-state index contributed by atoms with van der Waals surface area (Å²) in [7, 11) is 1.95. The van der Waals surface area contributed by atoms with E-state index in [-0.39, 0.29) is 0 Å². The van der Waals surface area contributed by atoms with Crippen molar-refractivity contribution < 1.29 is 4.79 Å². The first kappa shape index (κ1) is 17.2. The summed E-state index contributed by atoms with van der Waals surface area (Å²) in [5.74, 6) is 0. The van der Waals surface area contributed by atoms with Gasteiger partial charge in [0.25, 0.3) is 0 Å². The second-order valence-electron chi connectivity index (χ2n) is 7.62. The lowest BCUT2D eigenvalue weighted by molar-refractivity contribution is 0.112. The van der Waals surface area contributed by atoms with Crippen LogP contribution in [0.4, 0.5) is 0 Å². The van der Waals surface area contributed by atoms with E-state index in [2.05, 4.69) is 65.3 Å². The summed E-state index contributed by atoms with van der Waals surface area (Å²) >= 11 is 0. The van der Waals surface area contributed by atoms with Crippen LogP contribution in [0.15, 0.2) is 48.5 Å². The highest BCUT2D eigenvalue weighted by atomic mass is 16.1. The molecule has 1 aliphatic rings. The lowest BCUT2D eigenvalue weighted by Gasteiger charge is -2.16. The highest BCUT2D eigenvalue weighted by molar-refractivity contribution is 6.16. The Kier molecular flexibility index (Phi) is 4.06. The molecule has 140 valence electrons. The average molecular weight is 368 g/mol. The Hall–Kier alpha value is -2.91. The van der Waals surface area contributed by atoms with Crippen molar-refractivity contribution in [3.8, 4) is 11.1 Å². The summed E-state index contributed by atoms with van der Waals surface area (Å²) < 4.78 is 2.48. The number of benzene rings is 3. The van der Waals surface area contributed by atoms with Crippen LogP contribution in [0.5, 0.6) is 0 Å². The largest absolute Gasteiger partial charge is 0.340 e. The number of para-hydroxylation sites is 1. The number of nitrogens with zero attached hydrogens (tertiary/aromatic N) is 1. The number of rotatable bonds is 5. The van der Waals surface area contributed by atoms with E-state index >= 15 is 0 Å². The van der Waals surface area contributed by atoms with Gasteiger partial charge in [-0.25, -0.2) is 0 Å². The molecule has 0 saturated carbocycles. The summed E-state index contributed by atoms with van der Waals surface area (Å²) in [5, 5.41) is 5.79. The van der Waals surface area contributed by atoms with Crippen LogP contribution in [-0.4, -0.2) is 17.9 Å². The average Bonchev–Trinajstić information content (AvgIpc) is 3.26. The molecule has 0 unspecified atom stereocenters. The number of hydrogen-bond donors (Lipinski definition) is 1. The fourth-order valence-corrected chi connectivity index (χ4v) is 5.02. The fourth-order valence-electron chi connectivity index (χ4n) is 5.02. The van der Waals surface area contributed by atoms with Crippen LogP contribution in [0.3, 0.4) is 0 Å². The molecule has 4 aromatic rings. The third-order valence-corrected chi connectivity index (χ3v) is 6.03. The Morgan fingerprint density at radius 2 is 1.89 bits per heavy atom. The lowest BCUT2D eigenvalue weighted by Crippen LogP contribution is -2.10. The quantitative estimate of drug-likeness (QED) is 0.427. The van der Waals surface area contributed by atoms with Crippen molar-refractivity contribution in [3.05, 3.63) is 70.8 Å². The molecule has 1 aliphatic carbocycles. The second kappa shape index (κ2) is 6.61.